The van der Waals surface area contributed by atoms with Crippen molar-refractivity contribution in [3.63, 3.8) is 0 Å². The number of likely N-dealkylation sites (N-methyl/N-ethyl adjacent to an activating group) is 1. The molecule has 2 N–H and O–H groups in total. The van der Waals surface area contributed by atoms with Crippen molar-refractivity contribution < 1.29 is 5.11 Å². The van der Waals surface area contributed by atoms with Crippen LogP contribution in [0, 0.1) is 6.92 Å². The maximum absolute atomic E-state index is 10.3. The normalized spacial score (nSPS) is 17.1. The second kappa shape index (κ2) is 6.33. The highest BCUT2D eigenvalue weighted by atomic mass is 16.3. The van der Waals surface area contributed by atoms with Crippen LogP contribution in [0.4, 0.5) is 5.82 Å². The van der Waals surface area contributed by atoms with Crippen molar-refractivity contribution in [2.45, 2.75) is 19.4 Å². The minimum Gasteiger partial charge on any atom is -0.507 e. The minimum atomic E-state index is 0.206. The van der Waals surface area contributed by atoms with E-state index in [1.165, 1.54) is 0 Å². The van der Waals surface area contributed by atoms with Gasteiger partial charge in [0.2, 0.25) is 0 Å². The van der Waals surface area contributed by atoms with E-state index >= 15 is 0 Å². The van der Waals surface area contributed by atoms with Crippen LogP contribution < -0.4 is 10.2 Å². The van der Waals surface area contributed by atoms with Gasteiger partial charge in [-0.05, 0) is 44.2 Å². The standard InChI is InChI=1S/C20H22N4O/c1-13-7-8-18(25)16(11-13)19-22-17-6-4-3-5-15(17)20(23-19)24(2)14-9-10-21-12-14/h3-8,11,14,21,25H,9-10,12H2,1-2H3/t14-/m0/s1. The number of para-hydroxylation sites is 1. The van der Waals surface area contributed by atoms with E-state index in [0.717, 1.165) is 41.8 Å². The van der Waals surface area contributed by atoms with E-state index < -0.39 is 0 Å². The molecule has 1 atom stereocenters. The zero-order chi connectivity index (χ0) is 17.4. The van der Waals surface area contributed by atoms with Crippen LogP contribution in [0.3, 0.4) is 0 Å². The van der Waals surface area contributed by atoms with E-state index in [0.29, 0.717) is 17.4 Å². The van der Waals surface area contributed by atoms with E-state index in [4.69, 9.17) is 9.97 Å². The van der Waals surface area contributed by atoms with Gasteiger partial charge in [-0.25, -0.2) is 9.97 Å². The number of aromatic hydroxyl groups is 1. The summed E-state index contributed by atoms with van der Waals surface area (Å²) in [6, 6.07) is 14.0. The maximum atomic E-state index is 10.3. The molecule has 4 rings (SSSR count). The zero-order valence-electron chi connectivity index (χ0n) is 14.5. The second-order valence-electron chi connectivity index (χ2n) is 6.67. The predicted octanol–water partition coefficient (Wildman–Crippen LogP) is 3.11. The molecule has 0 saturated carbocycles. The lowest BCUT2D eigenvalue weighted by molar-refractivity contribution is 0.477. The van der Waals surface area contributed by atoms with Gasteiger partial charge >= 0.3 is 0 Å². The largest absolute Gasteiger partial charge is 0.507 e. The maximum Gasteiger partial charge on any atom is 0.165 e. The van der Waals surface area contributed by atoms with Crippen LogP contribution >= 0.6 is 0 Å². The first-order chi connectivity index (χ1) is 12.1. The molecule has 0 radical (unpaired) electrons. The van der Waals surface area contributed by atoms with E-state index in [9.17, 15) is 5.11 Å². The third kappa shape index (κ3) is 2.91. The molecule has 1 aliphatic rings. The molecule has 0 spiro atoms. The number of phenols is 1. The van der Waals surface area contributed by atoms with E-state index in [1.54, 1.807) is 6.07 Å². The monoisotopic (exact) mass is 334 g/mol. The van der Waals surface area contributed by atoms with Gasteiger partial charge in [0.1, 0.15) is 11.6 Å². The first-order valence-electron chi connectivity index (χ1n) is 8.64. The molecule has 2 heterocycles. The Morgan fingerprint density at radius 3 is 2.80 bits per heavy atom. The second-order valence-corrected chi connectivity index (χ2v) is 6.67. The third-order valence-corrected chi connectivity index (χ3v) is 4.89. The van der Waals surface area contributed by atoms with Crippen LogP contribution in [0.25, 0.3) is 22.3 Å². The van der Waals surface area contributed by atoms with Crippen molar-refractivity contribution in [2.24, 2.45) is 0 Å². The highest BCUT2D eigenvalue weighted by Gasteiger charge is 2.23. The molecule has 1 aromatic heterocycles. The summed E-state index contributed by atoms with van der Waals surface area (Å²) in [7, 11) is 2.09. The van der Waals surface area contributed by atoms with E-state index in [-0.39, 0.29) is 5.75 Å². The Morgan fingerprint density at radius 2 is 2.00 bits per heavy atom. The predicted molar refractivity (Wildman–Crippen MR) is 101 cm³/mol. The molecular weight excluding hydrogens is 312 g/mol. The van der Waals surface area contributed by atoms with Crippen molar-refractivity contribution in [1.29, 1.82) is 0 Å². The van der Waals surface area contributed by atoms with Gasteiger partial charge in [0.15, 0.2) is 5.82 Å². The fourth-order valence-corrected chi connectivity index (χ4v) is 3.42. The number of aryl methyl sites for hydroxylation is 1. The Bertz CT molecular complexity index is 919. The number of aromatic nitrogens is 2. The first-order valence-corrected chi connectivity index (χ1v) is 8.64. The average Bonchev–Trinajstić information content (AvgIpc) is 3.17. The fraction of sp³-hybridized carbons (Fsp3) is 0.300. The van der Waals surface area contributed by atoms with Crippen LogP contribution in [0.5, 0.6) is 5.75 Å². The number of nitrogens with one attached hydrogen (secondary N) is 1. The number of hydrogen-bond donors (Lipinski definition) is 2. The first kappa shape index (κ1) is 15.8. The Kier molecular flexibility index (Phi) is 4.01. The number of nitrogens with zero attached hydrogens (tertiary/aromatic N) is 3. The Hall–Kier alpha value is -2.66. The molecule has 5 heteroatoms. The van der Waals surface area contributed by atoms with Crippen LogP contribution in [-0.4, -0.2) is 41.3 Å². The van der Waals surface area contributed by atoms with Crippen LogP contribution in [0.1, 0.15) is 12.0 Å². The summed E-state index contributed by atoms with van der Waals surface area (Å²) in [6.45, 7) is 3.99. The molecule has 1 fully saturated rings. The summed E-state index contributed by atoms with van der Waals surface area (Å²) in [5.74, 6) is 1.68. The number of anilines is 1. The molecule has 0 amide bonds. The number of hydrogen-bond acceptors (Lipinski definition) is 5. The molecular formula is C20H22N4O. The Labute approximate surface area is 147 Å². The minimum absolute atomic E-state index is 0.206. The van der Waals surface area contributed by atoms with Crippen molar-refractivity contribution in [1.82, 2.24) is 15.3 Å². The highest BCUT2D eigenvalue weighted by Crippen LogP contribution is 2.32. The van der Waals surface area contributed by atoms with Gasteiger partial charge in [0.05, 0.1) is 11.1 Å². The molecule has 2 aromatic carbocycles. The van der Waals surface area contributed by atoms with Gasteiger partial charge < -0.3 is 15.3 Å². The van der Waals surface area contributed by atoms with Crippen LogP contribution in [0.15, 0.2) is 42.5 Å². The average molecular weight is 334 g/mol. The summed E-state index contributed by atoms with van der Waals surface area (Å²) < 4.78 is 0. The number of rotatable bonds is 3. The lowest BCUT2D eigenvalue weighted by Gasteiger charge is -2.26. The van der Waals surface area contributed by atoms with Gasteiger partial charge in [-0.3, -0.25) is 0 Å². The topological polar surface area (TPSA) is 61.3 Å². The molecule has 0 unspecified atom stereocenters. The summed E-state index contributed by atoms with van der Waals surface area (Å²) in [5.41, 5.74) is 2.63. The zero-order valence-corrected chi connectivity index (χ0v) is 14.5. The molecule has 1 saturated heterocycles. The summed E-state index contributed by atoms with van der Waals surface area (Å²) in [6.07, 6.45) is 1.10. The van der Waals surface area contributed by atoms with Crippen molar-refractivity contribution in [2.75, 3.05) is 25.0 Å². The van der Waals surface area contributed by atoms with Crippen molar-refractivity contribution in [3.05, 3.63) is 48.0 Å². The molecule has 0 aliphatic carbocycles. The summed E-state index contributed by atoms with van der Waals surface area (Å²) in [4.78, 5) is 11.8. The van der Waals surface area contributed by atoms with Crippen molar-refractivity contribution >= 4 is 16.7 Å². The fourth-order valence-electron chi connectivity index (χ4n) is 3.42. The molecule has 25 heavy (non-hydrogen) atoms. The van der Waals surface area contributed by atoms with Crippen LogP contribution in [0.2, 0.25) is 0 Å². The Morgan fingerprint density at radius 1 is 1.16 bits per heavy atom. The van der Waals surface area contributed by atoms with E-state index in [2.05, 4.69) is 23.3 Å². The molecule has 128 valence electrons. The molecule has 0 bridgehead atoms. The quantitative estimate of drug-likeness (QED) is 0.771. The smallest absolute Gasteiger partial charge is 0.165 e. The Balaban J connectivity index is 1.90. The highest BCUT2D eigenvalue weighted by molar-refractivity contribution is 5.91. The molecule has 5 nitrogen and oxygen atoms in total. The lowest BCUT2D eigenvalue weighted by Crippen LogP contribution is -2.34. The molecule has 3 aromatic rings. The van der Waals surface area contributed by atoms with Crippen LogP contribution in [-0.2, 0) is 0 Å². The van der Waals surface area contributed by atoms with Crippen molar-refractivity contribution in [3.8, 4) is 17.1 Å². The third-order valence-electron chi connectivity index (χ3n) is 4.89. The number of benzene rings is 2. The summed E-state index contributed by atoms with van der Waals surface area (Å²) in [5, 5.41) is 14.7. The van der Waals surface area contributed by atoms with Gasteiger partial charge in [-0.15, -0.1) is 0 Å². The summed E-state index contributed by atoms with van der Waals surface area (Å²) >= 11 is 0. The lowest BCUT2D eigenvalue weighted by atomic mass is 10.1. The van der Waals surface area contributed by atoms with Gasteiger partial charge in [-0.2, -0.15) is 0 Å². The van der Waals surface area contributed by atoms with Gasteiger partial charge in [-0.1, -0.05) is 23.8 Å². The van der Waals surface area contributed by atoms with Gasteiger partial charge in [0.25, 0.3) is 0 Å². The van der Waals surface area contributed by atoms with E-state index in [1.807, 2.05) is 37.3 Å². The number of fused-ring (bicyclic) bond motifs is 1. The SMILES string of the molecule is Cc1ccc(O)c(-c2nc(N(C)[C@H]3CCNC3)c3ccccc3n2)c1. The molecule has 1 aliphatic heterocycles. The van der Waals surface area contributed by atoms with Gasteiger partial charge in [0, 0.05) is 25.0 Å². The number of phenolic OH excluding ortho intramolecular Hbond substituents is 1.